The van der Waals surface area contributed by atoms with Crippen LogP contribution in [0.25, 0.3) is 0 Å². The van der Waals surface area contributed by atoms with E-state index >= 15 is 0 Å². The molecule has 0 fully saturated rings. The van der Waals surface area contributed by atoms with E-state index in [0.717, 1.165) is 0 Å². The van der Waals surface area contributed by atoms with Crippen LogP contribution in [0.2, 0.25) is 0 Å². The lowest BCUT2D eigenvalue weighted by molar-refractivity contribution is -0.115. The van der Waals surface area contributed by atoms with Crippen molar-refractivity contribution < 1.29 is 17.8 Å². The van der Waals surface area contributed by atoms with Crippen LogP contribution in [0, 0.1) is 11.3 Å². The number of nitriles is 1. The van der Waals surface area contributed by atoms with Crippen molar-refractivity contribution in [3.63, 3.8) is 0 Å². The Bertz CT molecular complexity index is 898. The molecule has 2 aromatic carbocycles. The van der Waals surface area contributed by atoms with Gasteiger partial charge in [-0.05, 0) is 48.5 Å². The summed E-state index contributed by atoms with van der Waals surface area (Å²) in [6.07, 6.45) is -0.221. The van der Waals surface area contributed by atoms with E-state index in [-0.39, 0.29) is 11.3 Å². The first-order valence-corrected chi connectivity index (χ1v) is 8.08. The van der Waals surface area contributed by atoms with Gasteiger partial charge in [0.2, 0.25) is 5.91 Å². The fraction of sp³-hybridized carbons (Fsp3) is 0.0667. The van der Waals surface area contributed by atoms with Crippen LogP contribution in [0.3, 0.4) is 0 Å². The number of amides is 1. The lowest BCUT2D eigenvalue weighted by Crippen LogP contribution is -2.09. The molecule has 0 heterocycles. The summed E-state index contributed by atoms with van der Waals surface area (Å²) in [6, 6.07) is 13.5. The van der Waals surface area contributed by atoms with Crippen LogP contribution in [0.4, 0.5) is 17.1 Å². The number of hydrogen-bond acceptors (Lipinski definition) is 6. The van der Waals surface area contributed by atoms with Gasteiger partial charge in [-0.3, -0.25) is 9.35 Å². The number of nitrogens with one attached hydrogen (secondary N) is 1. The predicted octanol–water partition coefficient (Wildman–Crippen LogP) is 3.20. The SMILES string of the molecule is N#CCC(=O)Nc1ccc(N=Nc2ccc(S(=O)(=O)O)cc2)cc1. The molecular formula is C15H12N4O4S. The Hall–Kier alpha value is -3.09. The summed E-state index contributed by atoms with van der Waals surface area (Å²) in [5.41, 5.74) is 1.47. The third-order valence-electron chi connectivity index (χ3n) is 2.81. The quantitative estimate of drug-likeness (QED) is 0.635. The molecule has 0 aliphatic heterocycles. The first kappa shape index (κ1) is 17.3. The highest BCUT2D eigenvalue weighted by Crippen LogP contribution is 2.21. The molecule has 0 aromatic heterocycles. The van der Waals surface area contributed by atoms with E-state index in [4.69, 9.17) is 9.81 Å². The molecule has 8 nitrogen and oxygen atoms in total. The molecular weight excluding hydrogens is 332 g/mol. The zero-order chi connectivity index (χ0) is 17.6. The summed E-state index contributed by atoms with van der Waals surface area (Å²) in [5, 5.41) is 18.9. The van der Waals surface area contributed by atoms with E-state index in [9.17, 15) is 13.2 Å². The van der Waals surface area contributed by atoms with Crippen LogP contribution in [0.15, 0.2) is 63.7 Å². The maximum Gasteiger partial charge on any atom is 0.294 e. The van der Waals surface area contributed by atoms with Crippen molar-refractivity contribution in [3.8, 4) is 6.07 Å². The fourth-order valence-corrected chi connectivity index (χ4v) is 2.17. The zero-order valence-electron chi connectivity index (χ0n) is 12.2. The van der Waals surface area contributed by atoms with Gasteiger partial charge >= 0.3 is 0 Å². The van der Waals surface area contributed by atoms with E-state index in [2.05, 4.69) is 15.5 Å². The van der Waals surface area contributed by atoms with Crippen LogP contribution in [0.1, 0.15) is 6.42 Å². The van der Waals surface area contributed by atoms with Gasteiger partial charge in [0.05, 0.1) is 22.3 Å². The zero-order valence-corrected chi connectivity index (χ0v) is 13.1. The third kappa shape index (κ3) is 4.98. The molecule has 0 radical (unpaired) electrons. The van der Waals surface area contributed by atoms with Crippen molar-refractivity contribution in [2.24, 2.45) is 10.2 Å². The number of hydrogen-bond donors (Lipinski definition) is 2. The van der Waals surface area contributed by atoms with Crippen LogP contribution in [-0.4, -0.2) is 18.9 Å². The Kier molecular flexibility index (Phi) is 5.36. The first-order valence-electron chi connectivity index (χ1n) is 6.64. The molecule has 9 heteroatoms. The minimum Gasteiger partial charge on any atom is -0.325 e. The monoisotopic (exact) mass is 344 g/mol. The number of rotatable bonds is 5. The highest BCUT2D eigenvalue weighted by atomic mass is 32.2. The summed E-state index contributed by atoms with van der Waals surface area (Å²) >= 11 is 0. The van der Waals surface area contributed by atoms with E-state index in [1.165, 1.54) is 24.3 Å². The number of benzene rings is 2. The van der Waals surface area contributed by atoms with Gasteiger partial charge in [0.1, 0.15) is 6.42 Å². The average Bonchev–Trinajstić information content (AvgIpc) is 2.54. The van der Waals surface area contributed by atoms with Crippen LogP contribution in [-0.2, 0) is 14.9 Å². The Balaban J connectivity index is 2.04. The van der Waals surface area contributed by atoms with Gasteiger partial charge in [-0.25, -0.2) is 0 Å². The van der Waals surface area contributed by atoms with Gasteiger partial charge in [0.15, 0.2) is 0 Å². The van der Waals surface area contributed by atoms with Gasteiger partial charge in [-0.2, -0.15) is 23.9 Å². The summed E-state index contributed by atoms with van der Waals surface area (Å²) in [7, 11) is -4.23. The van der Waals surface area contributed by atoms with Crippen molar-refractivity contribution in [1.82, 2.24) is 0 Å². The molecule has 2 N–H and O–H groups in total. The molecule has 0 spiro atoms. The molecule has 0 saturated heterocycles. The fourth-order valence-electron chi connectivity index (χ4n) is 1.69. The Morgan fingerprint density at radius 1 is 1.04 bits per heavy atom. The second-order valence-electron chi connectivity index (χ2n) is 4.60. The molecule has 2 aromatic rings. The van der Waals surface area contributed by atoms with E-state index in [0.29, 0.717) is 17.1 Å². The molecule has 0 saturated carbocycles. The Morgan fingerprint density at radius 2 is 1.54 bits per heavy atom. The van der Waals surface area contributed by atoms with Crippen molar-refractivity contribution in [2.45, 2.75) is 11.3 Å². The van der Waals surface area contributed by atoms with Crippen LogP contribution in [0.5, 0.6) is 0 Å². The van der Waals surface area contributed by atoms with Gasteiger partial charge in [0.25, 0.3) is 10.1 Å². The van der Waals surface area contributed by atoms with Crippen LogP contribution < -0.4 is 5.32 Å². The van der Waals surface area contributed by atoms with Crippen LogP contribution >= 0.6 is 0 Å². The summed E-state index contributed by atoms with van der Waals surface area (Å²) in [6.45, 7) is 0. The van der Waals surface area contributed by atoms with Crippen molar-refractivity contribution >= 4 is 33.1 Å². The van der Waals surface area contributed by atoms with Crippen molar-refractivity contribution in [2.75, 3.05) is 5.32 Å². The molecule has 0 aliphatic carbocycles. The van der Waals surface area contributed by atoms with Gasteiger partial charge in [0, 0.05) is 5.69 Å². The summed E-state index contributed by atoms with van der Waals surface area (Å²) < 4.78 is 30.7. The maximum atomic E-state index is 11.3. The maximum absolute atomic E-state index is 11.3. The number of anilines is 1. The van der Waals surface area contributed by atoms with E-state index < -0.39 is 16.0 Å². The lowest BCUT2D eigenvalue weighted by atomic mass is 10.3. The molecule has 0 unspecified atom stereocenters. The lowest BCUT2D eigenvalue weighted by Gasteiger charge is -2.02. The number of azo groups is 1. The Labute approximate surface area is 138 Å². The topological polar surface area (TPSA) is 132 Å². The minimum absolute atomic E-state index is 0.221. The van der Waals surface area contributed by atoms with Gasteiger partial charge < -0.3 is 5.32 Å². The molecule has 2 rings (SSSR count). The van der Waals surface area contributed by atoms with Crippen molar-refractivity contribution in [1.29, 1.82) is 5.26 Å². The van der Waals surface area contributed by atoms with Gasteiger partial charge in [-0.15, -0.1) is 0 Å². The van der Waals surface area contributed by atoms with Crippen molar-refractivity contribution in [3.05, 3.63) is 48.5 Å². The molecule has 0 atom stereocenters. The summed E-state index contributed by atoms with van der Waals surface area (Å²) in [5.74, 6) is -0.397. The number of carbonyl (C=O) groups excluding carboxylic acids is 1. The summed E-state index contributed by atoms with van der Waals surface area (Å²) in [4.78, 5) is 11.0. The number of carbonyl (C=O) groups is 1. The molecule has 122 valence electrons. The molecule has 0 bridgehead atoms. The van der Waals surface area contributed by atoms with E-state index in [1.54, 1.807) is 30.3 Å². The molecule has 1 amide bonds. The second-order valence-corrected chi connectivity index (χ2v) is 6.02. The third-order valence-corrected chi connectivity index (χ3v) is 3.67. The van der Waals surface area contributed by atoms with Gasteiger partial charge in [-0.1, -0.05) is 0 Å². The normalized spacial score (nSPS) is 11.2. The first-order chi connectivity index (χ1) is 11.4. The molecule has 24 heavy (non-hydrogen) atoms. The second kappa shape index (κ2) is 7.45. The standard InChI is InChI=1S/C15H12N4O4S/c16-10-9-15(20)17-11-1-3-12(4-2-11)18-19-13-5-7-14(8-6-13)24(21,22)23/h1-8H,9H2,(H,17,20)(H,21,22,23). The number of nitrogens with zero attached hydrogens (tertiary/aromatic N) is 3. The smallest absolute Gasteiger partial charge is 0.294 e. The Morgan fingerprint density at radius 3 is 2.00 bits per heavy atom. The highest BCUT2D eigenvalue weighted by Gasteiger charge is 2.08. The average molecular weight is 344 g/mol. The van der Waals surface area contributed by atoms with E-state index in [1.807, 2.05) is 0 Å². The predicted molar refractivity (Wildman–Crippen MR) is 85.7 cm³/mol. The largest absolute Gasteiger partial charge is 0.325 e. The highest BCUT2D eigenvalue weighted by molar-refractivity contribution is 7.85. The minimum atomic E-state index is -4.23. The molecule has 0 aliphatic rings.